The SMILES string of the molecule is CNc1nncc2c(C)ncn12. The zero-order valence-electron chi connectivity index (χ0n) is 6.94. The van der Waals surface area contributed by atoms with Crippen molar-refractivity contribution in [3.63, 3.8) is 0 Å². The Morgan fingerprint density at radius 3 is 3.08 bits per heavy atom. The Hall–Kier alpha value is -1.65. The molecule has 0 aliphatic rings. The normalized spacial score (nSPS) is 10.5. The van der Waals surface area contributed by atoms with Gasteiger partial charge >= 0.3 is 0 Å². The van der Waals surface area contributed by atoms with E-state index in [9.17, 15) is 0 Å². The highest BCUT2D eigenvalue weighted by atomic mass is 15.3. The molecule has 0 bridgehead atoms. The maximum atomic E-state index is 4.15. The molecule has 0 spiro atoms. The van der Waals surface area contributed by atoms with Crippen molar-refractivity contribution in [2.75, 3.05) is 12.4 Å². The highest BCUT2D eigenvalue weighted by molar-refractivity contribution is 5.52. The van der Waals surface area contributed by atoms with Gasteiger partial charge in [0.25, 0.3) is 0 Å². The van der Waals surface area contributed by atoms with Gasteiger partial charge in [-0.2, -0.15) is 5.10 Å². The Morgan fingerprint density at radius 2 is 2.33 bits per heavy atom. The molecule has 2 aromatic heterocycles. The molecule has 5 nitrogen and oxygen atoms in total. The van der Waals surface area contributed by atoms with E-state index in [1.165, 1.54) is 0 Å². The summed E-state index contributed by atoms with van der Waals surface area (Å²) in [5.41, 5.74) is 1.94. The molecule has 2 heterocycles. The number of nitrogens with zero attached hydrogens (tertiary/aromatic N) is 4. The van der Waals surface area contributed by atoms with Crippen LogP contribution < -0.4 is 5.32 Å². The minimum atomic E-state index is 0.702. The fourth-order valence-electron chi connectivity index (χ4n) is 1.13. The number of imidazole rings is 1. The minimum Gasteiger partial charge on any atom is -0.357 e. The Kier molecular flexibility index (Phi) is 1.43. The topological polar surface area (TPSA) is 55.1 Å². The number of anilines is 1. The lowest BCUT2D eigenvalue weighted by atomic mass is 10.4. The molecule has 0 aliphatic carbocycles. The largest absolute Gasteiger partial charge is 0.357 e. The molecule has 0 radical (unpaired) electrons. The minimum absolute atomic E-state index is 0.702. The second-order valence-electron chi connectivity index (χ2n) is 2.50. The van der Waals surface area contributed by atoms with Gasteiger partial charge in [0.1, 0.15) is 6.33 Å². The molecule has 62 valence electrons. The van der Waals surface area contributed by atoms with Gasteiger partial charge in [0.15, 0.2) is 0 Å². The van der Waals surface area contributed by atoms with E-state index in [1.54, 1.807) is 19.6 Å². The van der Waals surface area contributed by atoms with Crippen molar-refractivity contribution >= 4 is 11.5 Å². The van der Waals surface area contributed by atoms with Gasteiger partial charge in [-0.05, 0) is 6.92 Å². The third-order valence-corrected chi connectivity index (χ3v) is 1.78. The zero-order valence-corrected chi connectivity index (χ0v) is 6.94. The van der Waals surface area contributed by atoms with Gasteiger partial charge in [-0.15, -0.1) is 5.10 Å². The van der Waals surface area contributed by atoms with Crippen LogP contribution in [-0.4, -0.2) is 26.6 Å². The van der Waals surface area contributed by atoms with Crippen molar-refractivity contribution in [1.82, 2.24) is 19.6 Å². The molecule has 12 heavy (non-hydrogen) atoms. The number of aromatic nitrogens is 4. The van der Waals surface area contributed by atoms with Crippen LogP contribution >= 0.6 is 0 Å². The Bertz CT molecular complexity index is 405. The molecule has 0 saturated carbocycles. The maximum Gasteiger partial charge on any atom is 0.228 e. The molecule has 2 rings (SSSR count). The summed E-state index contributed by atoms with van der Waals surface area (Å²) in [5, 5.41) is 10.7. The van der Waals surface area contributed by atoms with E-state index in [1.807, 2.05) is 11.3 Å². The smallest absolute Gasteiger partial charge is 0.228 e. The van der Waals surface area contributed by atoms with Gasteiger partial charge in [-0.3, -0.25) is 4.40 Å². The predicted molar refractivity (Wildman–Crippen MR) is 45.1 cm³/mol. The van der Waals surface area contributed by atoms with Crippen molar-refractivity contribution in [3.05, 3.63) is 18.2 Å². The van der Waals surface area contributed by atoms with Crippen LogP contribution in [-0.2, 0) is 0 Å². The molecule has 0 saturated heterocycles. The van der Waals surface area contributed by atoms with Gasteiger partial charge in [-0.1, -0.05) is 0 Å². The fourth-order valence-corrected chi connectivity index (χ4v) is 1.13. The quantitative estimate of drug-likeness (QED) is 0.664. The van der Waals surface area contributed by atoms with E-state index in [4.69, 9.17) is 0 Å². The van der Waals surface area contributed by atoms with E-state index >= 15 is 0 Å². The van der Waals surface area contributed by atoms with Crippen LogP contribution in [0.4, 0.5) is 5.95 Å². The molecular formula is C7H9N5. The number of hydrogen-bond donors (Lipinski definition) is 1. The summed E-state index contributed by atoms with van der Waals surface area (Å²) in [6.07, 6.45) is 3.42. The Labute approximate surface area is 69.5 Å². The molecule has 0 aliphatic heterocycles. The first-order chi connectivity index (χ1) is 5.83. The Balaban J connectivity index is 2.81. The summed E-state index contributed by atoms with van der Waals surface area (Å²) in [4.78, 5) is 4.15. The molecule has 0 fully saturated rings. The standard InChI is InChI=1S/C7H9N5/c1-5-6-3-10-11-7(8-2)12(6)4-9-5/h3-4H,1-2H3,(H,8,11). The van der Waals surface area contributed by atoms with Crippen molar-refractivity contribution in [1.29, 1.82) is 0 Å². The van der Waals surface area contributed by atoms with E-state index in [-0.39, 0.29) is 0 Å². The molecule has 0 unspecified atom stereocenters. The fraction of sp³-hybridized carbons (Fsp3) is 0.286. The summed E-state index contributed by atoms with van der Waals surface area (Å²) < 4.78 is 1.86. The van der Waals surface area contributed by atoms with Crippen LogP contribution in [0.15, 0.2) is 12.5 Å². The summed E-state index contributed by atoms with van der Waals surface area (Å²) in [5.74, 6) is 0.702. The molecular weight excluding hydrogens is 154 g/mol. The molecule has 0 aromatic carbocycles. The first-order valence-electron chi connectivity index (χ1n) is 3.66. The van der Waals surface area contributed by atoms with E-state index in [2.05, 4.69) is 20.5 Å². The molecule has 5 heteroatoms. The average Bonchev–Trinajstić information content (AvgIpc) is 2.48. The van der Waals surface area contributed by atoms with Crippen LogP contribution in [0.25, 0.3) is 5.52 Å². The molecule has 0 amide bonds. The van der Waals surface area contributed by atoms with E-state index < -0.39 is 0 Å². The Morgan fingerprint density at radius 1 is 1.50 bits per heavy atom. The third kappa shape index (κ3) is 0.827. The van der Waals surface area contributed by atoms with Crippen LogP contribution in [0.5, 0.6) is 0 Å². The molecule has 0 atom stereocenters. The van der Waals surface area contributed by atoms with Crippen molar-refractivity contribution in [2.45, 2.75) is 6.92 Å². The number of rotatable bonds is 1. The number of hydrogen-bond acceptors (Lipinski definition) is 4. The van der Waals surface area contributed by atoms with Crippen LogP contribution in [0, 0.1) is 6.92 Å². The van der Waals surface area contributed by atoms with Gasteiger partial charge in [0.2, 0.25) is 5.95 Å². The monoisotopic (exact) mass is 163 g/mol. The lowest BCUT2D eigenvalue weighted by Crippen LogP contribution is -2.01. The van der Waals surface area contributed by atoms with Crippen LogP contribution in [0.3, 0.4) is 0 Å². The van der Waals surface area contributed by atoms with Crippen molar-refractivity contribution < 1.29 is 0 Å². The van der Waals surface area contributed by atoms with Gasteiger partial charge < -0.3 is 5.32 Å². The summed E-state index contributed by atoms with van der Waals surface area (Å²) in [7, 11) is 1.80. The lowest BCUT2D eigenvalue weighted by Gasteiger charge is -2.00. The van der Waals surface area contributed by atoms with Crippen LogP contribution in [0.1, 0.15) is 5.69 Å². The second kappa shape index (κ2) is 2.44. The summed E-state index contributed by atoms with van der Waals surface area (Å²) >= 11 is 0. The highest BCUT2D eigenvalue weighted by Gasteiger charge is 2.02. The number of aryl methyl sites for hydroxylation is 1. The lowest BCUT2D eigenvalue weighted by molar-refractivity contribution is 0.950. The molecule has 2 aromatic rings. The van der Waals surface area contributed by atoms with E-state index in [0.717, 1.165) is 11.2 Å². The van der Waals surface area contributed by atoms with Gasteiger partial charge in [0, 0.05) is 7.05 Å². The third-order valence-electron chi connectivity index (χ3n) is 1.78. The number of nitrogens with one attached hydrogen (secondary N) is 1. The van der Waals surface area contributed by atoms with Gasteiger partial charge in [-0.25, -0.2) is 4.98 Å². The zero-order chi connectivity index (χ0) is 8.55. The second-order valence-corrected chi connectivity index (χ2v) is 2.50. The first kappa shape index (κ1) is 7.02. The number of fused-ring (bicyclic) bond motifs is 1. The van der Waals surface area contributed by atoms with Gasteiger partial charge in [0.05, 0.1) is 17.4 Å². The highest BCUT2D eigenvalue weighted by Crippen LogP contribution is 2.09. The predicted octanol–water partition coefficient (Wildman–Crippen LogP) is 0.474. The summed E-state index contributed by atoms with van der Waals surface area (Å²) in [6.45, 7) is 1.94. The van der Waals surface area contributed by atoms with Crippen molar-refractivity contribution in [2.24, 2.45) is 0 Å². The molecule has 1 N–H and O–H groups in total. The van der Waals surface area contributed by atoms with Crippen molar-refractivity contribution in [3.8, 4) is 0 Å². The van der Waals surface area contributed by atoms with Crippen LogP contribution in [0.2, 0.25) is 0 Å². The van der Waals surface area contributed by atoms with E-state index in [0.29, 0.717) is 5.95 Å². The first-order valence-corrected chi connectivity index (χ1v) is 3.66. The summed E-state index contributed by atoms with van der Waals surface area (Å²) in [6, 6.07) is 0. The maximum absolute atomic E-state index is 4.15. The average molecular weight is 163 g/mol.